The van der Waals surface area contributed by atoms with Crippen LogP contribution in [0.25, 0.3) is 10.9 Å². The van der Waals surface area contributed by atoms with Crippen LogP contribution in [0.2, 0.25) is 10.0 Å². The topological polar surface area (TPSA) is 32.9 Å². The van der Waals surface area contributed by atoms with Gasteiger partial charge in [-0.1, -0.05) is 30.1 Å². The predicted octanol–water partition coefficient (Wildman–Crippen LogP) is 4.31. The first-order valence-electron chi connectivity index (χ1n) is 5.58. The van der Waals surface area contributed by atoms with Crippen LogP contribution in [0.4, 0.5) is 0 Å². The Morgan fingerprint density at radius 1 is 1.41 bits per heavy atom. The summed E-state index contributed by atoms with van der Waals surface area (Å²) in [6.07, 6.45) is 2.72. The van der Waals surface area contributed by atoms with Crippen molar-refractivity contribution in [3.8, 4) is 0 Å². The molecule has 0 amide bonds. The summed E-state index contributed by atoms with van der Waals surface area (Å²) in [4.78, 5) is 15.3. The number of benzene rings is 1. The van der Waals surface area contributed by atoms with Gasteiger partial charge in [-0.05, 0) is 24.5 Å². The SMILES string of the molecule is CC1CC1C(=O)c1c[nH]c2cc(Cl)cc(Cl)c12. The van der Waals surface area contributed by atoms with Crippen molar-refractivity contribution in [1.82, 2.24) is 4.98 Å². The van der Waals surface area contributed by atoms with Gasteiger partial charge in [0.05, 0.1) is 5.02 Å². The van der Waals surface area contributed by atoms with E-state index in [-0.39, 0.29) is 11.7 Å². The third-order valence-corrected chi connectivity index (χ3v) is 3.92. The molecular formula is C13H11Cl2NO. The number of ketones is 1. The van der Waals surface area contributed by atoms with E-state index in [0.29, 0.717) is 21.5 Å². The lowest BCUT2D eigenvalue weighted by Gasteiger charge is -2.00. The molecule has 2 aromatic rings. The van der Waals surface area contributed by atoms with Gasteiger partial charge in [-0.3, -0.25) is 4.79 Å². The molecule has 0 saturated heterocycles. The molecule has 1 saturated carbocycles. The van der Waals surface area contributed by atoms with Gasteiger partial charge in [0.2, 0.25) is 0 Å². The van der Waals surface area contributed by atoms with E-state index >= 15 is 0 Å². The summed E-state index contributed by atoms with van der Waals surface area (Å²) in [5, 5.41) is 1.90. The Morgan fingerprint density at radius 2 is 2.12 bits per heavy atom. The lowest BCUT2D eigenvalue weighted by molar-refractivity contribution is 0.0964. The van der Waals surface area contributed by atoms with Gasteiger partial charge in [-0.2, -0.15) is 0 Å². The number of rotatable bonds is 2. The van der Waals surface area contributed by atoms with Crippen LogP contribution in [0.15, 0.2) is 18.3 Å². The van der Waals surface area contributed by atoms with Crippen LogP contribution in [0.3, 0.4) is 0 Å². The smallest absolute Gasteiger partial charge is 0.168 e. The average molecular weight is 268 g/mol. The van der Waals surface area contributed by atoms with Crippen LogP contribution in [0.5, 0.6) is 0 Å². The van der Waals surface area contributed by atoms with Gasteiger partial charge in [0.15, 0.2) is 5.78 Å². The van der Waals surface area contributed by atoms with Crippen LogP contribution in [-0.4, -0.2) is 10.8 Å². The van der Waals surface area contributed by atoms with E-state index in [1.165, 1.54) is 0 Å². The van der Waals surface area contributed by atoms with Gasteiger partial charge >= 0.3 is 0 Å². The maximum absolute atomic E-state index is 12.2. The fourth-order valence-corrected chi connectivity index (χ4v) is 2.86. The third kappa shape index (κ3) is 1.76. The Labute approximate surface area is 109 Å². The molecule has 1 heterocycles. The fourth-order valence-electron chi connectivity index (χ4n) is 2.26. The molecule has 88 valence electrons. The highest BCUT2D eigenvalue weighted by Gasteiger charge is 2.40. The van der Waals surface area contributed by atoms with E-state index in [1.54, 1.807) is 18.3 Å². The van der Waals surface area contributed by atoms with E-state index in [4.69, 9.17) is 23.2 Å². The molecule has 0 aliphatic heterocycles. The van der Waals surface area contributed by atoms with Gasteiger partial charge in [0, 0.05) is 33.6 Å². The molecule has 1 aromatic carbocycles. The maximum Gasteiger partial charge on any atom is 0.168 e. The van der Waals surface area contributed by atoms with Crippen molar-refractivity contribution in [1.29, 1.82) is 0 Å². The molecule has 0 bridgehead atoms. The average Bonchev–Trinajstić information content (AvgIpc) is 2.83. The molecule has 1 aliphatic carbocycles. The van der Waals surface area contributed by atoms with E-state index in [9.17, 15) is 4.79 Å². The minimum absolute atomic E-state index is 0.167. The summed E-state index contributed by atoms with van der Waals surface area (Å²) >= 11 is 12.1. The van der Waals surface area contributed by atoms with Crippen LogP contribution in [0.1, 0.15) is 23.7 Å². The second-order valence-corrected chi connectivity index (χ2v) is 5.54. The minimum Gasteiger partial charge on any atom is -0.360 e. The van der Waals surface area contributed by atoms with E-state index in [2.05, 4.69) is 11.9 Å². The summed E-state index contributed by atoms with van der Waals surface area (Å²) in [7, 11) is 0. The van der Waals surface area contributed by atoms with Gasteiger partial charge in [-0.25, -0.2) is 0 Å². The van der Waals surface area contributed by atoms with Crippen molar-refractivity contribution >= 4 is 39.9 Å². The Bertz CT molecular complexity index is 617. The summed E-state index contributed by atoms with van der Waals surface area (Å²) in [6.45, 7) is 2.09. The number of fused-ring (bicyclic) bond motifs is 1. The number of Topliss-reactive ketones (excluding diaryl/α,β-unsaturated/α-hetero) is 1. The number of carbonyl (C=O) groups excluding carboxylic acids is 1. The Hall–Kier alpha value is -0.990. The maximum atomic E-state index is 12.2. The zero-order valence-corrected chi connectivity index (χ0v) is 10.8. The van der Waals surface area contributed by atoms with Crippen LogP contribution in [-0.2, 0) is 0 Å². The molecule has 3 rings (SSSR count). The zero-order chi connectivity index (χ0) is 12.2. The number of halogens is 2. The molecule has 1 aromatic heterocycles. The summed E-state index contributed by atoms with van der Waals surface area (Å²) < 4.78 is 0. The molecule has 4 heteroatoms. The Morgan fingerprint density at radius 3 is 2.76 bits per heavy atom. The first-order chi connectivity index (χ1) is 8.08. The highest BCUT2D eigenvalue weighted by Crippen LogP contribution is 2.42. The molecular weight excluding hydrogens is 257 g/mol. The predicted molar refractivity (Wildman–Crippen MR) is 69.9 cm³/mol. The third-order valence-electron chi connectivity index (χ3n) is 3.41. The first-order valence-corrected chi connectivity index (χ1v) is 6.34. The van der Waals surface area contributed by atoms with Crippen molar-refractivity contribution in [2.24, 2.45) is 11.8 Å². The summed E-state index contributed by atoms with van der Waals surface area (Å²) in [5.41, 5.74) is 1.51. The number of nitrogens with one attached hydrogen (secondary N) is 1. The highest BCUT2D eigenvalue weighted by molar-refractivity contribution is 6.39. The van der Waals surface area contributed by atoms with Crippen molar-refractivity contribution in [3.63, 3.8) is 0 Å². The molecule has 1 N–H and O–H groups in total. The second kappa shape index (κ2) is 3.76. The number of carbonyl (C=O) groups is 1. The number of H-pyrrole nitrogens is 1. The van der Waals surface area contributed by atoms with Gasteiger partial charge in [0.1, 0.15) is 0 Å². The van der Waals surface area contributed by atoms with Gasteiger partial charge < -0.3 is 4.98 Å². The van der Waals surface area contributed by atoms with Crippen molar-refractivity contribution in [2.45, 2.75) is 13.3 Å². The second-order valence-electron chi connectivity index (χ2n) is 4.70. The number of aromatic nitrogens is 1. The van der Waals surface area contributed by atoms with Crippen molar-refractivity contribution in [2.75, 3.05) is 0 Å². The molecule has 2 atom stereocenters. The van der Waals surface area contributed by atoms with E-state index in [0.717, 1.165) is 17.3 Å². The Balaban J connectivity index is 2.14. The molecule has 1 aliphatic rings. The largest absolute Gasteiger partial charge is 0.360 e. The van der Waals surface area contributed by atoms with Crippen LogP contribution < -0.4 is 0 Å². The van der Waals surface area contributed by atoms with Crippen molar-refractivity contribution in [3.05, 3.63) is 33.9 Å². The lowest BCUT2D eigenvalue weighted by Crippen LogP contribution is -2.01. The summed E-state index contributed by atoms with van der Waals surface area (Å²) in [5.74, 6) is 0.854. The quantitative estimate of drug-likeness (QED) is 0.808. The molecule has 0 radical (unpaired) electrons. The van der Waals surface area contributed by atoms with E-state index < -0.39 is 0 Å². The Kier molecular flexibility index (Phi) is 2.46. The zero-order valence-electron chi connectivity index (χ0n) is 9.26. The van der Waals surface area contributed by atoms with Crippen molar-refractivity contribution < 1.29 is 4.79 Å². The molecule has 0 spiro atoms. The van der Waals surface area contributed by atoms with Crippen LogP contribution in [0, 0.1) is 11.8 Å². The monoisotopic (exact) mass is 267 g/mol. The van der Waals surface area contributed by atoms with Crippen LogP contribution >= 0.6 is 23.2 Å². The normalized spacial score (nSPS) is 23.0. The molecule has 1 fully saturated rings. The van der Waals surface area contributed by atoms with Gasteiger partial charge in [0.25, 0.3) is 0 Å². The van der Waals surface area contributed by atoms with Gasteiger partial charge in [-0.15, -0.1) is 0 Å². The number of hydrogen-bond donors (Lipinski definition) is 1. The fraction of sp³-hybridized carbons (Fsp3) is 0.308. The number of hydrogen-bond acceptors (Lipinski definition) is 1. The molecule has 2 unspecified atom stereocenters. The number of aromatic amines is 1. The lowest BCUT2D eigenvalue weighted by atomic mass is 10.1. The van der Waals surface area contributed by atoms with E-state index in [1.807, 2.05) is 0 Å². The highest BCUT2D eigenvalue weighted by atomic mass is 35.5. The molecule has 17 heavy (non-hydrogen) atoms. The molecule has 2 nitrogen and oxygen atoms in total. The first kappa shape index (κ1) is 11.1. The summed E-state index contributed by atoms with van der Waals surface area (Å²) in [6, 6.07) is 3.46. The standard InChI is InChI=1S/C13H11Cl2NO/c1-6-2-8(6)13(17)9-5-16-11-4-7(14)3-10(15)12(9)11/h3-6,8,16H,2H2,1H3. The minimum atomic E-state index is 0.167.